The molecule has 2 aromatic carbocycles. The van der Waals surface area contributed by atoms with Gasteiger partial charge in [0.15, 0.2) is 0 Å². The summed E-state index contributed by atoms with van der Waals surface area (Å²) in [7, 11) is 1.93. The number of carbonyl (C=O) groups is 1. The number of aromatic nitrogens is 2. The molecule has 0 radical (unpaired) electrons. The van der Waals surface area contributed by atoms with Crippen LogP contribution in [-0.4, -0.2) is 27.1 Å². The number of hydrogen-bond acceptors (Lipinski definition) is 3. The predicted octanol–water partition coefficient (Wildman–Crippen LogP) is 3.67. The Hall–Kier alpha value is -3.39. The van der Waals surface area contributed by atoms with E-state index in [0.29, 0.717) is 19.5 Å². The summed E-state index contributed by atoms with van der Waals surface area (Å²) in [6.45, 7) is 1.22. The Morgan fingerprint density at radius 1 is 1.27 bits per heavy atom. The van der Waals surface area contributed by atoms with Crippen molar-refractivity contribution in [3.8, 4) is 17.2 Å². The highest BCUT2D eigenvalue weighted by Gasteiger charge is 2.28. The van der Waals surface area contributed by atoms with Crippen LogP contribution in [-0.2, 0) is 13.6 Å². The fourth-order valence-electron chi connectivity index (χ4n) is 3.52. The van der Waals surface area contributed by atoms with E-state index in [9.17, 15) is 4.79 Å². The average molecular weight is 342 g/mol. The number of allylic oxidation sites excluding steroid dienone is 1. The Bertz CT molecular complexity index is 1070. The van der Waals surface area contributed by atoms with Gasteiger partial charge in [0.05, 0.1) is 17.8 Å². The smallest absolute Gasteiger partial charge is 0.254 e. The van der Waals surface area contributed by atoms with Crippen molar-refractivity contribution >= 4 is 16.8 Å². The number of nitriles is 1. The third kappa shape index (κ3) is 2.66. The molecular formula is C21H18N4O. The summed E-state index contributed by atoms with van der Waals surface area (Å²) in [6.07, 6.45) is 5.80. The maximum absolute atomic E-state index is 12.7. The van der Waals surface area contributed by atoms with Gasteiger partial charge in [-0.1, -0.05) is 30.3 Å². The molecule has 1 aromatic heterocycles. The molecule has 1 amide bonds. The van der Waals surface area contributed by atoms with Crippen LogP contribution in [0.3, 0.4) is 0 Å². The Labute approximate surface area is 151 Å². The van der Waals surface area contributed by atoms with Crippen LogP contribution >= 0.6 is 0 Å². The van der Waals surface area contributed by atoms with E-state index in [1.54, 1.807) is 6.08 Å². The van der Waals surface area contributed by atoms with Crippen molar-refractivity contribution in [2.75, 3.05) is 6.54 Å². The summed E-state index contributed by atoms with van der Waals surface area (Å²) in [5.74, 6) is 0.0637. The van der Waals surface area contributed by atoms with Crippen molar-refractivity contribution in [3.63, 3.8) is 0 Å². The molecule has 0 N–H and O–H groups in total. The SMILES string of the molecule is Cn1ncc2ccc(-c3cccc4c3CN(CCC=CC#N)C4=O)cc21. The Kier molecular flexibility index (Phi) is 4.02. The van der Waals surface area contributed by atoms with Gasteiger partial charge in [-0.05, 0) is 35.2 Å². The Morgan fingerprint density at radius 2 is 2.12 bits per heavy atom. The van der Waals surface area contributed by atoms with Gasteiger partial charge in [0.25, 0.3) is 5.91 Å². The minimum absolute atomic E-state index is 0.0637. The van der Waals surface area contributed by atoms with E-state index >= 15 is 0 Å². The van der Waals surface area contributed by atoms with Crippen LogP contribution in [0.4, 0.5) is 0 Å². The number of aryl methyl sites for hydroxylation is 1. The van der Waals surface area contributed by atoms with Crippen LogP contribution in [0.5, 0.6) is 0 Å². The first-order valence-corrected chi connectivity index (χ1v) is 8.57. The number of benzene rings is 2. The van der Waals surface area contributed by atoms with Crippen LogP contribution in [0.15, 0.2) is 54.7 Å². The quantitative estimate of drug-likeness (QED) is 0.680. The lowest BCUT2D eigenvalue weighted by Crippen LogP contribution is -2.24. The van der Waals surface area contributed by atoms with Crippen LogP contribution in [0.2, 0.25) is 0 Å². The molecule has 0 saturated heterocycles. The van der Waals surface area contributed by atoms with Crippen LogP contribution in [0.1, 0.15) is 22.3 Å². The first-order valence-electron chi connectivity index (χ1n) is 8.57. The molecule has 0 fully saturated rings. The summed E-state index contributed by atoms with van der Waals surface area (Å²) in [5, 5.41) is 14.0. The predicted molar refractivity (Wildman–Crippen MR) is 100 cm³/mol. The van der Waals surface area contributed by atoms with E-state index < -0.39 is 0 Å². The van der Waals surface area contributed by atoms with Crippen molar-refractivity contribution in [3.05, 3.63) is 65.9 Å². The number of carbonyl (C=O) groups excluding carboxylic acids is 1. The Balaban J connectivity index is 1.69. The highest BCUT2D eigenvalue weighted by molar-refractivity contribution is 6.01. The van der Waals surface area contributed by atoms with E-state index in [1.807, 2.05) is 41.0 Å². The Morgan fingerprint density at radius 3 is 2.96 bits per heavy atom. The first kappa shape index (κ1) is 16.1. The second-order valence-electron chi connectivity index (χ2n) is 6.42. The molecule has 3 aromatic rings. The molecule has 0 aliphatic carbocycles. The van der Waals surface area contributed by atoms with Gasteiger partial charge in [0, 0.05) is 37.2 Å². The molecule has 26 heavy (non-hydrogen) atoms. The summed E-state index contributed by atoms with van der Waals surface area (Å²) >= 11 is 0. The lowest BCUT2D eigenvalue weighted by molar-refractivity contribution is 0.0781. The molecule has 0 spiro atoms. The third-order valence-corrected chi connectivity index (χ3v) is 4.86. The van der Waals surface area contributed by atoms with Gasteiger partial charge in [0.1, 0.15) is 0 Å². The molecule has 0 saturated carbocycles. The number of nitrogens with zero attached hydrogens (tertiary/aromatic N) is 4. The molecule has 0 bridgehead atoms. The highest BCUT2D eigenvalue weighted by atomic mass is 16.2. The standard InChI is InChI=1S/C21H18N4O/c1-24-20-12-15(8-9-16(20)13-23-24)17-6-5-7-18-19(17)14-25(21(18)26)11-4-2-3-10-22/h2-3,5-9,12-13H,4,11,14H2,1H3. The van der Waals surface area contributed by atoms with Crippen LogP contribution in [0.25, 0.3) is 22.0 Å². The molecule has 5 nitrogen and oxygen atoms in total. The molecule has 5 heteroatoms. The summed E-state index contributed by atoms with van der Waals surface area (Å²) < 4.78 is 1.86. The fraction of sp³-hybridized carbons (Fsp3) is 0.190. The highest BCUT2D eigenvalue weighted by Crippen LogP contribution is 2.34. The normalized spacial score (nSPS) is 13.5. The van der Waals surface area contributed by atoms with E-state index in [2.05, 4.69) is 29.4 Å². The van der Waals surface area contributed by atoms with E-state index in [-0.39, 0.29) is 5.91 Å². The maximum atomic E-state index is 12.7. The van der Waals surface area contributed by atoms with Gasteiger partial charge in [-0.25, -0.2) is 0 Å². The lowest BCUT2D eigenvalue weighted by Gasteiger charge is -2.14. The summed E-state index contributed by atoms with van der Waals surface area (Å²) in [6, 6.07) is 14.2. The van der Waals surface area contributed by atoms with Crippen molar-refractivity contribution in [2.45, 2.75) is 13.0 Å². The molecule has 0 unspecified atom stereocenters. The van der Waals surface area contributed by atoms with Crippen molar-refractivity contribution < 1.29 is 4.79 Å². The minimum Gasteiger partial charge on any atom is -0.334 e. The summed E-state index contributed by atoms with van der Waals surface area (Å²) in [5.41, 5.74) is 5.11. The van der Waals surface area contributed by atoms with Crippen LogP contribution in [0, 0.1) is 11.3 Å². The lowest BCUT2D eigenvalue weighted by atomic mass is 9.96. The van der Waals surface area contributed by atoms with E-state index in [1.165, 1.54) is 6.08 Å². The zero-order valence-electron chi connectivity index (χ0n) is 14.5. The topological polar surface area (TPSA) is 61.9 Å². The largest absolute Gasteiger partial charge is 0.334 e. The molecule has 1 aliphatic rings. The number of fused-ring (bicyclic) bond motifs is 2. The van der Waals surface area contributed by atoms with Crippen LogP contribution < -0.4 is 0 Å². The molecule has 1 aliphatic heterocycles. The number of amides is 1. The second-order valence-corrected chi connectivity index (χ2v) is 6.42. The molecule has 128 valence electrons. The minimum atomic E-state index is 0.0637. The molecule has 4 rings (SSSR count). The monoisotopic (exact) mass is 342 g/mol. The first-order chi connectivity index (χ1) is 12.7. The van der Waals surface area contributed by atoms with Crippen molar-refractivity contribution in [2.24, 2.45) is 7.05 Å². The zero-order valence-corrected chi connectivity index (χ0v) is 14.5. The molecule has 2 heterocycles. The second kappa shape index (κ2) is 6.49. The number of hydrogen-bond donors (Lipinski definition) is 0. The van der Waals surface area contributed by atoms with Gasteiger partial charge in [-0.15, -0.1) is 0 Å². The van der Waals surface area contributed by atoms with E-state index in [4.69, 9.17) is 5.26 Å². The third-order valence-electron chi connectivity index (χ3n) is 4.86. The van der Waals surface area contributed by atoms with Gasteiger partial charge in [0.2, 0.25) is 0 Å². The molecule has 0 atom stereocenters. The fourth-order valence-corrected chi connectivity index (χ4v) is 3.52. The van der Waals surface area contributed by atoms with Gasteiger partial charge < -0.3 is 4.90 Å². The van der Waals surface area contributed by atoms with Crippen molar-refractivity contribution in [1.29, 1.82) is 5.26 Å². The molecular weight excluding hydrogens is 324 g/mol. The van der Waals surface area contributed by atoms with Gasteiger partial charge in [-0.2, -0.15) is 10.4 Å². The maximum Gasteiger partial charge on any atom is 0.254 e. The van der Waals surface area contributed by atoms with E-state index in [0.717, 1.165) is 33.2 Å². The zero-order chi connectivity index (χ0) is 18.1. The average Bonchev–Trinajstić information content (AvgIpc) is 3.19. The van der Waals surface area contributed by atoms with Crippen molar-refractivity contribution in [1.82, 2.24) is 14.7 Å². The summed E-state index contributed by atoms with van der Waals surface area (Å²) in [4.78, 5) is 14.5. The van der Waals surface area contributed by atoms with Gasteiger partial charge >= 0.3 is 0 Å². The number of rotatable bonds is 4. The van der Waals surface area contributed by atoms with Gasteiger partial charge in [-0.3, -0.25) is 9.48 Å².